The van der Waals surface area contributed by atoms with Crippen molar-refractivity contribution in [2.45, 2.75) is 37.6 Å². The minimum Gasteiger partial charge on any atom is -0.417 e. The molecule has 1 amide bonds. The summed E-state index contributed by atoms with van der Waals surface area (Å²) in [7, 11) is 0. The summed E-state index contributed by atoms with van der Waals surface area (Å²) in [6.07, 6.45) is 3.04. The highest BCUT2D eigenvalue weighted by molar-refractivity contribution is 5.90. The second kappa shape index (κ2) is 6.69. The van der Waals surface area contributed by atoms with E-state index < -0.39 is 18.4 Å². The van der Waals surface area contributed by atoms with E-state index in [4.69, 9.17) is 4.42 Å². The molecule has 1 saturated carbocycles. The van der Waals surface area contributed by atoms with Gasteiger partial charge in [0.05, 0.1) is 23.2 Å². The number of pyridine rings is 1. The van der Waals surface area contributed by atoms with Crippen molar-refractivity contribution in [2.24, 2.45) is 0 Å². The third-order valence-corrected chi connectivity index (χ3v) is 5.80. The number of aromatic nitrogens is 6. The summed E-state index contributed by atoms with van der Waals surface area (Å²) in [6, 6.07) is 3.81. The van der Waals surface area contributed by atoms with E-state index in [1.165, 1.54) is 16.6 Å². The largest absolute Gasteiger partial charge is 0.417 e. The Bertz CT molecular complexity index is 1290. The van der Waals surface area contributed by atoms with Crippen LogP contribution < -0.4 is 0 Å². The molecule has 2 aliphatic rings. The number of imidazole rings is 1. The second-order valence-electron chi connectivity index (χ2n) is 7.80. The smallest absolute Gasteiger partial charge is 0.312 e. The molecule has 0 aromatic carbocycles. The second-order valence-corrected chi connectivity index (χ2v) is 7.80. The number of aromatic amines is 1. The fraction of sp³-hybridized carbons (Fsp3) is 0.350. The molecule has 4 aromatic rings. The molecule has 1 aliphatic carbocycles. The van der Waals surface area contributed by atoms with E-state index in [1.54, 1.807) is 23.5 Å². The SMILES string of the molecule is O=C(c1nnc(C2CC2)o1)N1CCc2[nH]cnc2[C@H]1c1cc2c(C(F)F)cccn2n1. The summed E-state index contributed by atoms with van der Waals surface area (Å²) in [5, 5.41) is 12.4. The van der Waals surface area contributed by atoms with Crippen LogP contribution in [0, 0.1) is 0 Å². The summed E-state index contributed by atoms with van der Waals surface area (Å²) in [4.78, 5) is 22.4. The van der Waals surface area contributed by atoms with E-state index in [0.29, 0.717) is 30.2 Å². The van der Waals surface area contributed by atoms with Crippen LogP contribution in [0.1, 0.15) is 70.4 Å². The minimum atomic E-state index is -2.64. The molecule has 1 atom stereocenters. The molecule has 1 N–H and O–H groups in total. The highest BCUT2D eigenvalue weighted by Gasteiger charge is 2.39. The van der Waals surface area contributed by atoms with Gasteiger partial charge in [0.15, 0.2) is 0 Å². The molecular weight excluding hydrogens is 408 g/mol. The van der Waals surface area contributed by atoms with Gasteiger partial charge in [0.1, 0.15) is 6.04 Å². The first kappa shape index (κ1) is 18.2. The number of alkyl halides is 2. The summed E-state index contributed by atoms with van der Waals surface area (Å²) in [5.41, 5.74) is 2.11. The summed E-state index contributed by atoms with van der Waals surface area (Å²) < 4.78 is 34.0. The Hall–Kier alpha value is -3.63. The van der Waals surface area contributed by atoms with Crippen molar-refractivity contribution in [1.29, 1.82) is 0 Å². The highest BCUT2D eigenvalue weighted by Crippen LogP contribution is 2.40. The number of hydrogen-bond acceptors (Lipinski definition) is 6. The molecule has 0 unspecified atom stereocenters. The van der Waals surface area contributed by atoms with Crippen molar-refractivity contribution in [2.75, 3.05) is 6.54 Å². The zero-order valence-corrected chi connectivity index (χ0v) is 16.2. The summed E-state index contributed by atoms with van der Waals surface area (Å²) >= 11 is 0. The van der Waals surface area contributed by atoms with Crippen LogP contribution in [0.2, 0.25) is 0 Å². The first-order chi connectivity index (χ1) is 15.1. The first-order valence-corrected chi connectivity index (χ1v) is 10.0. The molecule has 1 aliphatic heterocycles. The van der Waals surface area contributed by atoms with Gasteiger partial charge in [-0.15, -0.1) is 10.2 Å². The Labute approximate surface area is 174 Å². The number of carbonyl (C=O) groups is 1. The number of halogens is 2. The molecule has 31 heavy (non-hydrogen) atoms. The zero-order valence-electron chi connectivity index (χ0n) is 16.2. The Morgan fingerprint density at radius 2 is 2.16 bits per heavy atom. The maximum atomic E-state index is 13.5. The van der Waals surface area contributed by atoms with Crippen LogP contribution in [-0.4, -0.2) is 47.1 Å². The monoisotopic (exact) mass is 425 g/mol. The third kappa shape index (κ3) is 2.91. The summed E-state index contributed by atoms with van der Waals surface area (Å²) in [5.74, 6) is 0.203. The normalized spacial score (nSPS) is 18.7. The van der Waals surface area contributed by atoms with Gasteiger partial charge < -0.3 is 14.3 Å². The van der Waals surface area contributed by atoms with Crippen LogP contribution >= 0.6 is 0 Å². The van der Waals surface area contributed by atoms with E-state index in [1.807, 2.05) is 0 Å². The number of nitrogens with zero attached hydrogens (tertiary/aromatic N) is 6. The van der Waals surface area contributed by atoms with Crippen molar-refractivity contribution < 1.29 is 18.0 Å². The Balaban J connectivity index is 1.44. The van der Waals surface area contributed by atoms with Crippen LogP contribution in [0.3, 0.4) is 0 Å². The Kier molecular flexibility index (Phi) is 3.92. The number of nitrogens with one attached hydrogen (secondary N) is 1. The van der Waals surface area contributed by atoms with Gasteiger partial charge in [-0.25, -0.2) is 18.3 Å². The molecule has 6 rings (SSSR count). The summed E-state index contributed by atoms with van der Waals surface area (Å²) in [6.45, 7) is 0.370. The molecule has 4 aromatic heterocycles. The van der Waals surface area contributed by atoms with E-state index >= 15 is 0 Å². The topological polar surface area (TPSA) is 105 Å². The number of fused-ring (bicyclic) bond motifs is 2. The van der Waals surface area contributed by atoms with Gasteiger partial charge >= 0.3 is 11.8 Å². The lowest BCUT2D eigenvalue weighted by molar-refractivity contribution is 0.0644. The van der Waals surface area contributed by atoms with E-state index in [2.05, 4.69) is 25.3 Å². The molecule has 158 valence electrons. The predicted octanol–water partition coefficient (Wildman–Crippen LogP) is 3.04. The van der Waals surface area contributed by atoms with Gasteiger partial charge in [0, 0.05) is 36.3 Å². The molecule has 0 saturated heterocycles. The van der Waals surface area contributed by atoms with Crippen LogP contribution in [0.15, 0.2) is 35.1 Å². The average Bonchev–Trinajstić information content (AvgIpc) is 3.19. The number of rotatable bonds is 4. The van der Waals surface area contributed by atoms with Gasteiger partial charge in [-0.05, 0) is 31.0 Å². The molecule has 0 bridgehead atoms. The van der Waals surface area contributed by atoms with Gasteiger partial charge in [-0.2, -0.15) is 5.10 Å². The van der Waals surface area contributed by atoms with E-state index in [-0.39, 0.29) is 22.9 Å². The molecule has 9 nitrogen and oxygen atoms in total. The Morgan fingerprint density at radius 1 is 1.29 bits per heavy atom. The van der Waals surface area contributed by atoms with Crippen molar-refractivity contribution in [1.82, 2.24) is 34.7 Å². The fourth-order valence-corrected chi connectivity index (χ4v) is 4.11. The quantitative estimate of drug-likeness (QED) is 0.539. The van der Waals surface area contributed by atoms with E-state index in [9.17, 15) is 13.6 Å². The lowest BCUT2D eigenvalue weighted by atomic mass is 9.99. The first-order valence-electron chi connectivity index (χ1n) is 10.0. The molecule has 1 fully saturated rings. The van der Waals surface area contributed by atoms with Crippen LogP contribution in [0.5, 0.6) is 0 Å². The van der Waals surface area contributed by atoms with Gasteiger partial charge in [0.2, 0.25) is 5.89 Å². The molecule has 0 radical (unpaired) electrons. The Morgan fingerprint density at radius 3 is 2.97 bits per heavy atom. The van der Waals surface area contributed by atoms with Crippen molar-refractivity contribution in [3.05, 3.63) is 65.1 Å². The maximum absolute atomic E-state index is 13.5. The van der Waals surface area contributed by atoms with Gasteiger partial charge in [-0.3, -0.25) is 4.79 Å². The van der Waals surface area contributed by atoms with Gasteiger partial charge in [0.25, 0.3) is 6.43 Å². The third-order valence-electron chi connectivity index (χ3n) is 5.80. The highest BCUT2D eigenvalue weighted by atomic mass is 19.3. The number of hydrogen-bond donors (Lipinski definition) is 1. The lowest BCUT2D eigenvalue weighted by Gasteiger charge is -2.32. The fourth-order valence-electron chi connectivity index (χ4n) is 4.11. The molecule has 0 spiro atoms. The van der Waals surface area contributed by atoms with Crippen LogP contribution in [0.25, 0.3) is 5.52 Å². The number of H-pyrrole nitrogens is 1. The van der Waals surface area contributed by atoms with Crippen LogP contribution in [-0.2, 0) is 6.42 Å². The van der Waals surface area contributed by atoms with Gasteiger partial charge in [-0.1, -0.05) is 0 Å². The minimum absolute atomic E-state index is 0.0806. The number of amides is 1. The maximum Gasteiger partial charge on any atom is 0.312 e. The standard InChI is InChI=1S/C20H17F2N7O2/c21-17(22)11-2-1-6-29-14(11)8-13(27-29)16-15-12(23-9-24-15)5-7-28(16)20(30)19-26-25-18(31-19)10-3-4-10/h1-2,6,8-10,16-17H,3-5,7H2,(H,23,24)/t16-/m1/s1. The average molecular weight is 425 g/mol. The van der Waals surface area contributed by atoms with Crippen LogP contribution in [0.4, 0.5) is 8.78 Å². The molecule has 11 heteroatoms. The zero-order chi connectivity index (χ0) is 21.1. The van der Waals surface area contributed by atoms with Crippen molar-refractivity contribution in [3.63, 3.8) is 0 Å². The lowest BCUT2D eigenvalue weighted by Crippen LogP contribution is -2.41. The van der Waals surface area contributed by atoms with Crippen molar-refractivity contribution in [3.8, 4) is 0 Å². The molecular formula is C20H17F2N7O2. The number of carbonyl (C=O) groups excluding carboxylic acids is 1. The predicted molar refractivity (Wildman–Crippen MR) is 102 cm³/mol. The molecule has 5 heterocycles. The van der Waals surface area contributed by atoms with E-state index in [0.717, 1.165) is 18.5 Å². The van der Waals surface area contributed by atoms with Crippen molar-refractivity contribution >= 4 is 11.4 Å².